The van der Waals surface area contributed by atoms with Crippen molar-refractivity contribution in [2.45, 2.75) is 13.5 Å². The SMILES string of the molecule is CCn1cc(-c2cccc(OC)c2)nn1. The van der Waals surface area contributed by atoms with Crippen molar-refractivity contribution in [2.24, 2.45) is 0 Å². The van der Waals surface area contributed by atoms with Gasteiger partial charge in [0.15, 0.2) is 0 Å². The van der Waals surface area contributed by atoms with Crippen molar-refractivity contribution < 1.29 is 4.74 Å². The molecule has 0 spiro atoms. The van der Waals surface area contributed by atoms with Crippen LogP contribution < -0.4 is 4.74 Å². The largest absolute Gasteiger partial charge is 0.497 e. The predicted molar refractivity (Wildman–Crippen MR) is 57.7 cm³/mol. The third-order valence-corrected chi connectivity index (χ3v) is 2.23. The Labute approximate surface area is 88.5 Å². The van der Waals surface area contributed by atoms with Crippen LogP contribution in [0.1, 0.15) is 6.92 Å². The third-order valence-electron chi connectivity index (χ3n) is 2.23. The van der Waals surface area contributed by atoms with Crippen LogP contribution in [0.5, 0.6) is 5.75 Å². The molecule has 0 aliphatic rings. The predicted octanol–water partition coefficient (Wildman–Crippen LogP) is 1.97. The number of ether oxygens (including phenoxy) is 1. The van der Waals surface area contributed by atoms with Crippen molar-refractivity contribution >= 4 is 0 Å². The molecule has 1 aromatic heterocycles. The maximum Gasteiger partial charge on any atom is 0.119 e. The highest BCUT2D eigenvalue weighted by molar-refractivity contribution is 5.59. The summed E-state index contributed by atoms with van der Waals surface area (Å²) in [4.78, 5) is 0. The second-order valence-corrected chi connectivity index (χ2v) is 3.19. The number of rotatable bonds is 3. The van der Waals surface area contributed by atoms with E-state index >= 15 is 0 Å². The van der Waals surface area contributed by atoms with Gasteiger partial charge in [-0.05, 0) is 19.1 Å². The molecule has 15 heavy (non-hydrogen) atoms. The van der Waals surface area contributed by atoms with E-state index in [-0.39, 0.29) is 0 Å². The van der Waals surface area contributed by atoms with Crippen LogP contribution in [0.4, 0.5) is 0 Å². The quantitative estimate of drug-likeness (QED) is 0.765. The van der Waals surface area contributed by atoms with Crippen molar-refractivity contribution in [1.29, 1.82) is 0 Å². The van der Waals surface area contributed by atoms with Gasteiger partial charge in [0, 0.05) is 12.1 Å². The number of hydrogen-bond donors (Lipinski definition) is 0. The lowest BCUT2D eigenvalue weighted by atomic mass is 10.1. The van der Waals surface area contributed by atoms with Crippen LogP contribution in [0, 0.1) is 0 Å². The van der Waals surface area contributed by atoms with Crippen molar-refractivity contribution in [1.82, 2.24) is 15.0 Å². The second kappa shape index (κ2) is 4.13. The highest BCUT2D eigenvalue weighted by atomic mass is 16.5. The maximum atomic E-state index is 5.15. The number of nitrogens with zero attached hydrogens (tertiary/aromatic N) is 3. The lowest BCUT2D eigenvalue weighted by molar-refractivity contribution is 0.415. The first-order valence-corrected chi connectivity index (χ1v) is 4.88. The minimum Gasteiger partial charge on any atom is -0.497 e. The van der Waals surface area contributed by atoms with E-state index in [0.29, 0.717) is 0 Å². The van der Waals surface area contributed by atoms with Gasteiger partial charge in [0.25, 0.3) is 0 Å². The summed E-state index contributed by atoms with van der Waals surface area (Å²) in [6.45, 7) is 2.86. The molecule has 0 aliphatic carbocycles. The molecule has 0 radical (unpaired) electrons. The van der Waals surface area contributed by atoms with Crippen LogP contribution in [0.3, 0.4) is 0 Å². The van der Waals surface area contributed by atoms with E-state index in [0.717, 1.165) is 23.6 Å². The Bertz CT molecular complexity index is 451. The van der Waals surface area contributed by atoms with Gasteiger partial charge in [0.05, 0.1) is 13.3 Å². The Morgan fingerprint density at radius 3 is 2.93 bits per heavy atom. The molecule has 2 rings (SSSR count). The molecule has 0 saturated carbocycles. The van der Waals surface area contributed by atoms with E-state index in [1.807, 2.05) is 37.4 Å². The molecular weight excluding hydrogens is 190 g/mol. The van der Waals surface area contributed by atoms with Gasteiger partial charge >= 0.3 is 0 Å². The fourth-order valence-corrected chi connectivity index (χ4v) is 1.37. The van der Waals surface area contributed by atoms with Gasteiger partial charge in [0.1, 0.15) is 11.4 Å². The van der Waals surface area contributed by atoms with Gasteiger partial charge in [-0.15, -0.1) is 5.10 Å². The minimum atomic E-state index is 0.830. The monoisotopic (exact) mass is 203 g/mol. The molecule has 4 heteroatoms. The number of aromatic nitrogens is 3. The van der Waals surface area contributed by atoms with Gasteiger partial charge in [-0.3, -0.25) is 4.68 Å². The molecule has 0 saturated heterocycles. The van der Waals surface area contributed by atoms with Crippen LogP contribution in [-0.4, -0.2) is 22.1 Å². The van der Waals surface area contributed by atoms with Crippen LogP contribution in [-0.2, 0) is 6.54 Å². The van der Waals surface area contributed by atoms with Crippen molar-refractivity contribution in [3.05, 3.63) is 30.5 Å². The van der Waals surface area contributed by atoms with E-state index in [4.69, 9.17) is 4.74 Å². The van der Waals surface area contributed by atoms with E-state index < -0.39 is 0 Å². The Balaban J connectivity index is 2.35. The molecule has 0 aliphatic heterocycles. The summed E-state index contributed by atoms with van der Waals surface area (Å²) in [5.74, 6) is 0.832. The first-order chi connectivity index (χ1) is 7.33. The highest BCUT2D eigenvalue weighted by Crippen LogP contribution is 2.21. The number of benzene rings is 1. The Kier molecular flexibility index (Phi) is 2.67. The maximum absolute atomic E-state index is 5.15. The highest BCUT2D eigenvalue weighted by Gasteiger charge is 2.03. The Hall–Kier alpha value is -1.84. The molecule has 0 amide bonds. The normalized spacial score (nSPS) is 10.3. The van der Waals surface area contributed by atoms with Crippen LogP contribution >= 0.6 is 0 Å². The van der Waals surface area contributed by atoms with Gasteiger partial charge in [-0.25, -0.2) is 0 Å². The molecular formula is C11H13N3O. The van der Waals surface area contributed by atoms with Gasteiger partial charge in [0.2, 0.25) is 0 Å². The Morgan fingerprint density at radius 2 is 2.27 bits per heavy atom. The molecule has 0 unspecified atom stereocenters. The molecule has 1 aromatic carbocycles. The summed E-state index contributed by atoms with van der Waals surface area (Å²) in [5, 5.41) is 8.08. The summed E-state index contributed by atoms with van der Waals surface area (Å²) >= 11 is 0. The Morgan fingerprint density at radius 1 is 1.40 bits per heavy atom. The van der Waals surface area contributed by atoms with E-state index in [1.54, 1.807) is 11.8 Å². The van der Waals surface area contributed by atoms with Crippen LogP contribution in [0.15, 0.2) is 30.5 Å². The first kappa shape index (κ1) is 9.71. The van der Waals surface area contributed by atoms with Crippen molar-refractivity contribution in [3.8, 4) is 17.0 Å². The van der Waals surface area contributed by atoms with Crippen molar-refractivity contribution in [3.63, 3.8) is 0 Å². The molecule has 78 valence electrons. The van der Waals surface area contributed by atoms with E-state index in [2.05, 4.69) is 10.3 Å². The van der Waals surface area contributed by atoms with Gasteiger partial charge < -0.3 is 4.74 Å². The lowest BCUT2D eigenvalue weighted by Crippen LogP contribution is -1.93. The first-order valence-electron chi connectivity index (χ1n) is 4.88. The van der Waals surface area contributed by atoms with Crippen molar-refractivity contribution in [2.75, 3.05) is 7.11 Å². The topological polar surface area (TPSA) is 39.9 Å². The number of hydrogen-bond acceptors (Lipinski definition) is 3. The lowest BCUT2D eigenvalue weighted by Gasteiger charge is -2.00. The van der Waals surface area contributed by atoms with Gasteiger partial charge in [-0.2, -0.15) is 0 Å². The number of methoxy groups -OCH3 is 1. The molecule has 0 bridgehead atoms. The summed E-state index contributed by atoms with van der Waals surface area (Å²) < 4.78 is 6.95. The molecule has 0 fully saturated rings. The van der Waals surface area contributed by atoms with Crippen LogP contribution in [0.2, 0.25) is 0 Å². The van der Waals surface area contributed by atoms with Crippen LogP contribution in [0.25, 0.3) is 11.3 Å². The molecule has 4 nitrogen and oxygen atoms in total. The summed E-state index contributed by atoms with van der Waals surface area (Å²) in [6, 6.07) is 7.80. The zero-order valence-corrected chi connectivity index (χ0v) is 8.84. The molecule has 0 atom stereocenters. The standard InChI is InChI=1S/C11H13N3O/c1-3-14-8-11(12-13-14)9-5-4-6-10(7-9)15-2/h4-8H,3H2,1-2H3. The average molecular weight is 203 g/mol. The minimum absolute atomic E-state index is 0.830. The smallest absolute Gasteiger partial charge is 0.119 e. The average Bonchev–Trinajstić information content (AvgIpc) is 2.78. The molecule has 2 aromatic rings. The summed E-state index contributed by atoms with van der Waals surface area (Å²) in [7, 11) is 1.65. The second-order valence-electron chi connectivity index (χ2n) is 3.19. The number of aryl methyl sites for hydroxylation is 1. The van der Waals surface area contributed by atoms with Gasteiger partial charge in [-0.1, -0.05) is 17.3 Å². The molecule has 0 N–H and O–H groups in total. The van der Waals surface area contributed by atoms with E-state index in [9.17, 15) is 0 Å². The third kappa shape index (κ3) is 1.98. The zero-order valence-electron chi connectivity index (χ0n) is 8.84. The fourth-order valence-electron chi connectivity index (χ4n) is 1.37. The zero-order chi connectivity index (χ0) is 10.7. The fraction of sp³-hybridized carbons (Fsp3) is 0.273. The van der Waals surface area contributed by atoms with E-state index in [1.165, 1.54) is 0 Å². The molecule has 1 heterocycles. The summed E-state index contributed by atoms with van der Waals surface area (Å²) in [5.41, 5.74) is 1.89. The summed E-state index contributed by atoms with van der Waals surface area (Å²) in [6.07, 6.45) is 1.93.